The first kappa shape index (κ1) is 12.8. The van der Waals surface area contributed by atoms with Crippen molar-refractivity contribution in [2.24, 2.45) is 0 Å². The molecule has 0 aliphatic rings. The van der Waals surface area contributed by atoms with Crippen molar-refractivity contribution in [3.05, 3.63) is 47.1 Å². The lowest BCUT2D eigenvalue weighted by Crippen LogP contribution is -2.05. The summed E-state index contributed by atoms with van der Waals surface area (Å²) in [6.45, 7) is 0. The van der Waals surface area contributed by atoms with E-state index in [4.69, 9.17) is 15.0 Å². The summed E-state index contributed by atoms with van der Waals surface area (Å²) in [4.78, 5) is 8.44. The van der Waals surface area contributed by atoms with Gasteiger partial charge in [-0.1, -0.05) is 35.5 Å². The molecule has 0 saturated heterocycles. The summed E-state index contributed by atoms with van der Waals surface area (Å²) in [5, 5.41) is 6.20. The molecule has 0 radical (unpaired) electrons. The van der Waals surface area contributed by atoms with E-state index in [1.54, 1.807) is 12.5 Å². The Hall–Kier alpha value is -2.25. The van der Waals surface area contributed by atoms with Gasteiger partial charge in [0.25, 0.3) is 5.89 Å². The van der Waals surface area contributed by atoms with Crippen molar-refractivity contribution in [2.45, 2.75) is 6.10 Å². The molecule has 0 aliphatic carbocycles. The van der Waals surface area contributed by atoms with E-state index in [9.17, 15) is 0 Å². The number of anilines is 1. The Balaban J connectivity index is 1.92. The molecule has 102 valence electrons. The highest BCUT2D eigenvalue weighted by Gasteiger charge is 2.21. The van der Waals surface area contributed by atoms with Crippen LogP contribution in [-0.2, 0) is 4.74 Å². The minimum absolute atomic E-state index is 0.339. The highest BCUT2D eigenvalue weighted by molar-refractivity contribution is 7.13. The zero-order valence-corrected chi connectivity index (χ0v) is 11.5. The molecule has 2 aromatic heterocycles. The van der Waals surface area contributed by atoms with Crippen LogP contribution in [-0.4, -0.2) is 22.2 Å². The monoisotopic (exact) mass is 288 g/mol. The summed E-state index contributed by atoms with van der Waals surface area (Å²) in [7, 11) is 1.61. The minimum atomic E-state index is -0.371. The lowest BCUT2D eigenvalue weighted by atomic mass is 10.1. The fraction of sp³-hybridized carbons (Fsp3) is 0.154. The Kier molecular flexibility index (Phi) is 3.44. The van der Waals surface area contributed by atoms with Gasteiger partial charge in [0.2, 0.25) is 5.82 Å². The van der Waals surface area contributed by atoms with Crippen LogP contribution in [0.1, 0.15) is 17.5 Å². The van der Waals surface area contributed by atoms with E-state index in [-0.39, 0.29) is 6.10 Å². The molecular weight excluding hydrogens is 276 g/mol. The predicted molar refractivity (Wildman–Crippen MR) is 75.1 cm³/mol. The van der Waals surface area contributed by atoms with Crippen LogP contribution in [0.25, 0.3) is 11.6 Å². The molecule has 3 rings (SSSR count). The van der Waals surface area contributed by atoms with Gasteiger partial charge in [0.15, 0.2) is 5.13 Å². The molecule has 0 fully saturated rings. The Bertz CT molecular complexity index is 695. The third-order valence-corrected chi connectivity index (χ3v) is 3.43. The van der Waals surface area contributed by atoms with Crippen molar-refractivity contribution < 1.29 is 9.26 Å². The van der Waals surface area contributed by atoms with Crippen LogP contribution < -0.4 is 5.73 Å². The Morgan fingerprint density at radius 2 is 2.05 bits per heavy atom. The van der Waals surface area contributed by atoms with Crippen LogP contribution in [0.15, 0.2) is 40.2 Å². The number of nitrogens with zero attached hydrogens (tertiary/aromatic N) is 3. The summed E-state index contributed by atoms with van der Waals surface area (Å²) < 4.78 is 10.7. The summed E-state index contributed by atoms with van der Waals surface area (Å²) in [5.41, 5.74) is 7.13. The third-order valence-electron chi connectivity index (χ3n) is 2.76. The average molecular weight is 288 g/mol. The molecule has 1 unspecified atom stereocenters. The normalized spacial score (nSPS) is 12.4. The van der Waals surface area contributed by atoms with E-state index >= 15 is 0 Å². The van der Waals surface area contributed by atoms with Gasteiger partial charge in [0.05, 0.1) is 0 Å². The first-order valence-corrected chi connectivity index (χ1v) is 6.78. The number of hydrogen-bond acceptors (Lipinski definition) is 7. The van der Waals surface area contributed by atoms with E-state index in [2.05, 4.69) is 15.1 Å². The van der Waals surface area contributed by atoms with Crippen molar-refractivity contribution >= 4 is 16.5 Å². The van der Waals surface area contributed by atoms with Gasteiger partial charge in [0, 0.05) is 12.5 Å². The largest absolute Gasteiger partial charge is 0.375 e. The maximum atomic E-state index is 5.59. The third kappa shape index (κ3) is 2.40. The standard InChI is InChI=1S/C13H12N4O2S/c1-18-10(8-5-3-2-4-6-8)11-16-12(19-17-11)9-7-20-13(14)15-9/h2-7,10H,1H3,(H2,14,15). The molecule has 0 saturated carbocycles. The van der Waals surface area contributed by atoms with Crippen LogP contribution in [0.4, 0.5) is 5.13 Å². The molecule has 0 spiro atoms. The SMILES string of the molecule is COC(c1ccccc1)c1noc(-c2csc(N)n2)n1. The average Bonchev–Trinajstić information content (AvgIpc) is 3.10. The van der Waals surface area contributed by atoms with Gasteiger partial charge < -0.3 is 15.0 Å². The van der Waals surface area contributed by atoms with Gasteiger partial charge in [-0.3, -0.25) is 0 Å². The van der Waals surface area contributed by atoms with Gasteiger partial charge in [-0.05, 0) is 5.56 Å². The van der Waals surface area contributed by atoms with Crippen LogP contribution in [0.5, 0.6) is 0 Å². The van der Waals surface area contributed by atoms with E-state index in [0.29, 0.717) is 22.5 Å². The second-order valence-electron chi connectivity index (χ2n) is 4.06. The topological polar surface area (TPSA) is 87.1 Å². The van der Waals surface area contributed by atoms with Gasteiger partial charge >= 0.3 is 0 Å². The van der Waals surface area contributed by atoms with E-state index in [1.165, 1.54) is 11.3 Å². The van der Waals surface area contributed by atoms with Crippen LogP contribution in [0.3, 0.4) is 0 Å². The zero-order valence-electron chi connectivity index (χ0n) is 10.7. The number of aromatic nitrogens is 3. The Labute approximate surface area is 119 Å². The number of thiazole rings is 1. The van der Waals surface area contributed by atoms with E-state index in [1.807, 2.05) is 30.3 Å². The van der Waals surface area contributed by atoms with E-state index in [0.717, 1.165) is 5.56 Å². The molecular formula is C13H12N4O2S. The lowest BCUT2D eigenvalue weighted by molar-refractivity contribution is 0.126. The van der Waals surface area contributed by atoms with Gasteiger partial charge in [0.1, 0.15) is 11.8 Å². The summed E-state index contributed by atoms with van der Waals surface area (Å²) >= 11 is 1.33. The van der Waals surface area contributed by atoms with Crippen molar-refractivity contribution in [2.75, 3.05) is 12.8 Å². The molecule has 1 atom stereocenters. The summed E-state index contributed by atoms with van der Waals surface area (Å²) in [6.07, 6.45) is -0.371. The fourth-order valence-electron chi connectivity index (χ4n) is 1.85. The summed E-state index contributed by atoms with van der Waals surface area (Å²) in [6, 6.07) is 9.71. The number of ether oxygens (including phenoxy) is 1. The second kappa shape index (κ2) is 5.40. The second-order valence-corrected chi connectivity index (χ2v) is 4.94. The molecule has 2 heterocycles. The molecule has 1 aromatic carbocycles. The predicted octanol–water partition coefficient (Wildman–Crippen LogP) is 2.51. The van der Waals surface area contributed by atoms with Gasteiger partial charge in [-0.15, -0.1) is 11.3 Å². The molecule has 3 aromatic rings. The molecule has 0 aliphatic heterocycles. The smallest absolute Gasteiger partial charge is 0.277 e. The first-order chi connectivity index (χ1) is 9.78. The maximum absolute atomic E-state index is 5.59. The minimum Gasteiger partial charge on any atom is -0.375 e. The van der Waals surface area contributed by atoms with Crippen molar-refractivity contribution in [3.63, 3.8) is 0 Å². The van der Waals surface area contributed by atoms with Crippen molar-refractivity contribution in [1.82, 2.24) is 15.1 Å². The molecule has 0 bridgehead atoms. The highest BCUT2D eigenvalue weighted by Crippen LogP contribution is 2.26. The first-order valence-electron chi connectivity index (χ1n) is 5.90. The number of nitrogen functional groups attached to an aromatic ring is 1. The molecule has 2 N–H and O–H groups in total. The van der Waals surface area contributed by atoms with Crippen molar-refractivity contribution in [1.29, 1.82) is 0 Å². The van der Waals surface area contributed by atoms with Crippen LogP contribution in [0, 0.1) is 0 Å². The molecule has 0 amide bonds. The number of nitrogens with two attached hydrogens (primary N) is 1. The number of benzene rings is 1. The number of hydrogen-bond donors (Lipinski definition) is 1. The van der Waals surface area contributed by atoms with Crippen LogP contribution in [0.2, 0.25) is 0 Å². The number of rotatable bonds is 4. The van der Waals surface area contributed by atoms with E-state index < -0.39 is 0 Å². The van der Waals surface area contributed by atoms with Crippen LogP contribution >= 0.6 is 11.3 Å². The molecule has 6 nitrogen and oxygen atoms in total. The van der Waals surface area contributed by atoms with Crippen molar-refractivity contribution in [3.8, 4) is 11.6 Å². The number of methoxy groups -OCH3 is 1. The Morgan fingerprint density at radius 3 is 2.70 bits per heavy atom. The Morgan fingerprint density at radius 1 is 1.25 bits per heavy atom. The van der Waals surface area contributed by atoms with Gasteiger partial charge in [-0.2, -0.15) is 4.98 Å². The molecule has 7 heteroatoms. The van der Waals surface area contributed by atoms with Gasteiger partial charge in [-0.25, -0.2) is 4.98 Å². The summed E-state index contributed by atoms with van der Waals surface area (Å²) in [5.74, 6) is 0.797. The zero-order chi connectivity index (χ0) is 13.9. The molecule has 20 heavy (non-hydrogen) atoms. The quantitative estimate of drug-likeness (QED) is 0.793. The lowest BCUT2D eigenvalue weighted by Gasteiger charge is -2.10. The maximum Gasteiger partial charge on any atom is 0.277 e. The fourth-order valence-corrected chi connectivity index (χ4v) is 2.39. The highest BCUT2D eigenvalue weighted by atomic mass is 32.1.